The molecule has 0 fully saturated rings. The number of carboxylic acid groups (broad SMARTS) is 3. The van der Waals surface area contributed by atoms with Gasteiger partial charge in [0.2, 0.25) is 11.8 Å². The molecule has 0 rings (SSSR count). The van der Waals surface area contributed by atoms with Crippen molar-refractivity contribution in [2.24, 2.45) is 0 Å². The molecule has 0 aromatic rings. The van der Waals surface area contributed by atoms with Gasteiger partial charge >= 0.3 is 17.9 Å². The molecule has 0 saturated heterocycles. The minimum Gasteiger partial charge on any atom is -0.480 e. The summed E-state index contributed by atoms with van der Waals surface area (Å²) in [6.45, 7) is 6.63. The van der Waals surface area contributed by atoms with Gasteiger partial charge in [-0.05, 0) is 19.3 Å². The second-order valence-electron chi connectivity index (χ2n) is 5.48. The molecule has 26 heavy (non-hydrogen) atoms. The number of unbranched alkanes of at least 4 members (excludes halogenated alkanes) is 1. The summed E-state index contributed by atoms with van der Waals surface area (Å²) in [5, 5.41) is 31.0. The van der Waals surface area contributed by atoms with Crippen molar-refractivity contribution in [1.82, 2.24) is 10.6 Å². The lowest BCUT2D eigenvalue weighted by molar-refractivity contribution is -0.142. The molecule has 0 bridgehead atoms. The third-order valence-electron chi connectivity index (χ3n) is 3.23. The molecule has 1 atom stereocenters. The summed E-state index contributed by atoms with van der Waals surface area (Å²) < 4.78 is 0. The Labute approximate surface area is 149 Å². The molecule has 1 unspecified atom stereocenters. The fourth-order valence-corrected chi connectivity index (χ4v) is 1.81. The van der Waals surface area contributed by atoms with Crippen LogP contribution >= 0.6 is 0 Å². The van der Waals surface area contributed by atoms with E-state index in [-0.39, 0.29) is 30.5 Å². The molecule has 0 saturated carbocycles. The van der Waals surface area contributed by atoms with Crippen molar-refractivity contribution in [1.29, 1.82) is 0 Å². The van der Waals surface area contributed by atoms with E-state index in [1.165, 1.54) is 0 Å². The van der Waals surface area contributed by atoms with Crippen LogP contribution in [0.5, 0.6) is 0 Å². The lowest BCUT2D eigenvalue weighted by atomic mass is 10.1. The van der Waals surface area contributed by atoms with Gasteiger partial charge < -0.3 is 26.0 Å². The number of carbonyl (C=O) groups excluding carboxylic acids is 2. The van der Waals surface area contributed by atoms with Crippen molar-refractivity contribution in [2.45, 2.75) is 38.1 Å². The average Bonchev–Trinajstić information content (AvgIpc) is 2.52. The number of hydrogen-bond donors (Lipinski definition) is 5. The first-order valence-corrected chi connectivity index (χ1v) is 7.65. The number of amides is 2. The second kappa shape index (κ2) is 11.4. The van der Waals surface area contributed by atoms with Gasteiger partial charge in [0, 0.05) is 17.7 Å². The van der Waals surface area contributed by atoms with E-state index in [2.05, 4.69) is 23.8 Å². The van der Waals surface area contributed by atoms with Crippen LogP contribution < -0.4 is 10.6 Å². The van der Waals surface area contributed by atoms with E-state index in [0.717, 1.165) is 0 Å². The van der Waals surface area contributed by atoms with Gasteiger partial charge in [-0.15, -0.1) is 0 Å². The van der Waals surface area contributed by atoms with Crippen LogP contribution in [0.15, 0.2) is 24.3 Å². The zero-order valence-electron chi connectivity index (χ0n) is 14.1. The van der Waals surface area contributed by atoms with Crippen LogP contribution in [-0.4, -0.2) is 57.6 Å². The van der Waals surface area contributed by atoms with Crippen LogP contribution in [0.1, 0.15) is 32.1 Å². The second-order valence-corrected chi connectivity index (χ2v) is 5.48. The third-order valence-corrected chi connectivity index (χ3v) is 3.23. The molecule has 0 radical (unpaired) electrons. The predicted molar refractivity (Wildman–Crippen MR) is 89.2 cm³/mol. The maximum Gasteiger partial charge on any atom is 0.331 e. The largest absolute Gasteiger partial charge is 0.480 e. The highest BCUT2D eigenvalue weighted by atomic mass is 16.4. The minimum absolute atomic E-state index is 0.0817. The Kier molecular flexibility index (Phi) is 10.0. The molecule has 0 aromatic heterocycles. The molecule has 0 aliphatic carbocycles. The van der Waals surface area contributed by atoms with E-state index in [1.54, 1.807) is 0 Å². The summed E-state index contributed by atoms with van der Waals surface area (Å²) in [4.78, 5) is 55.3. The Morgan fingerprint density at radius 3 is 1.77 bits per heavy atom. The van der Waals surface area contributed by atoms with Crippen molar-refractivity contribution in [3.05, 3.63) is 24.3 Å². The van der Waals surface area contributed by atoms with E-state index < -0.39 is 42.2 Å². The molecule has 10 heteroatoms. The van der Waals surface area contributed by atoms with Crippen molar-refractivity contribution in [3.8, 4) is 0 Å². The summed E-state index contributed by atoms with van der Waals surface area (Å²) >= 11 is 0. The number of nitrogens with one attached hydrogen (secondary N) is 2. The van der Waals surface area contributed by atoms with Crippen LogP contribution in [0.2, 0.25) is 0 Å². The van der Waals surface area contributed by atoms with Gasteiger partial charge in [-0.1, -0.05) is 13.2 Å². The first kappa shape index (κ1) is 22.8. The van der Waals surface area contributed by atoms with Crippen molar-refractivity contribution < 1.29 is 39.3 Å². The molecular formula is C16H22N2O8. The molecule has 0 aliphatic heterocycles. The van der Waals surface area contributed by atoms with E-state index >= 15 is 0 Å². The van der Waals surface area contributed by atoms with Gasteiger partial charge in [0.25, 0.3) is 0 Å². The van der Waals surface area contributed by atoms with Gasteiger partial charge in [-0.25, -0.2) is 14.4 Å². The first-order chi connectivity index (χ1) is 12.0. The van der Waals surface area contributed by atoms with Gasteiger partial charge in [-0.3, -0.25) is 9.59 Å². The molecule has 0 spiro atoms. The Hall–Kier alpha value is -3.17. The highest BCUT2D eigenvalue weighted by molar-refractivity contribution is 5.94. The maximum atomic E-state index is 11.6. The van der Waals surface area contributed by atoms with Crippen LogP contribution in [0, 0.1) is 0 Å². The molecule has 10 nitrogen and oxygen atoms in total. The van der Waals surface area contributed by atoms with Crippen LogP contribution in [0.4, 0.5) is 0 Å². The number of hydrogen-bond acceptors (Lipinski definition) is 5. The minimum atomic E-state index is -1.34. The van der Waals surface area contributed by atoms with Crippen molar-refractivity contribution >= 4 is 29.7 Å². The topological polar surface area (TPSA) is 170 Å². The summed E-state index contributed by atoms with van der Waals surface area (Å²) in [7, 11) is 0. The lowest BCUT2D eigenvalue weighted by Crippen LogP contribution is -2.41. The molecule has 2 amide bonds. The first-order valence-electron chi connectivity index (χ1n) is 7.65. The predicted octanol–water partition coefficient (Wildman–Crippen LogP) is -0.0959. The van der Waals surface area contributed by atoms with E-state index in [9.17, 15) is 24.0 Å². The molecular weight excluding hydrogens is 348 g/mol. The fraction of sp³-hybridized carbons (Fsp3) is 0.438. The molecule has 0 aromatic carbocycles. The molecule has 0 aliphatic rings. The summed E-state index contributed by atoms with van der Waals surface area (Å²) in [5.41, 5.74) is -0.587. The molecule has 144 valence electrons. The number of carboxylic acids is 3. The van der Waals surface area contributed by atoms with Crippen molar-refractivity contribution in [2.75, 3.05) is 6.54 Å². The van der Waals surface area contributed by atoms with Gasteiger partial charge in [0.1, 0.15) is 6.04 Å². The normalized spacial score (nSPS) is 11.1. The summed E-state index contributed by atoms with van der Waals surface area (Å²) in [6, 6.07) is -1.19. The van der Waals surface area contributed by atoms with Crippen LogP contribution in [-0.2, 0) is 24.0 Å². The number of aliphatic carboxylic acids is 3. The Morgan fingerprint density at radius 1 is 0.808 bits per heavy atom. The zero-order valence-corrected chi connectivity index (χ0v) is 14.1. The molecule has 0 heterocycles. The summed E-state index contributed by atoms with van der Waals surface area (Å²) in [5.74, 6) is -5.13. The molecule has 5 N–H and O–H groups in total. The van der Waals surface area contributed by atoms with Gasteiger partial charge in [0.15, 0.2) is 0 Å². The standard InChI is InChI=1S/C16H22N2O8/c1-9(14(21)22)7-12(19)17-6-4-3-5-11(16(25)26)18-13(20)8-10(2)15(23)24/h11H,1-8H2,(H,17,19)(H,18,20)(H,21,22)(H,23,24)(H,25,26). The number of carbonyl (C=O) groups is 5. The monoisotopic (exact) mass is 370 g/mol. The third kappa shape index (κ3) is 9.85. The Bertz CT molecular complexity index is 611. The van der Waals surface area contributed by atoms with E-state index in [4.69, 9.17) is 15.3 Å². The maximum absolute atomic E-state index is 11.6. The van der Waals surface area contributed by atoms with E-state index in [0.29, 0.717) is 12.8 Å². The average molecular weight is 370 g/mol. The highest BCUT2D eigenvalue weighted by Crippen LogP contribution is 2.04. The summed E-state index contributed by atoms with van der Waals surface area (Å²) in [6.07, 6.45) is 0.00161. The zero-order chi connectivity index (χ0) is 20.3. The number of rotatable bonds is 13. The van der Waals surface area contributed by atoms with Gasteiger partial charge in [-0.2, -0.15) is 0 Å². The van der Waals surface area contributed by atoms with Crippen LogP contribution in [0.25, 0.3) is 0 Å². The highest BCUT2D eigenvalue weighted by Gasteiger charge is 2.20. The lowest BCUT2D eigenvalue weighted by Gasteiger charge is -2.14. The quantitative estimate of drug-likeness (QED) is 0.221. The smallest absolute Gasteiger partial charge is 0.331 e. The van der Waals surface area contributed by atoms with Crippen LogP contribution in [0.3, 0.4) is 0 Å². The Balaban J connectivity index is 4.17. The fourth-order valence-electron chi connectivity index (χ4n) is 1.81. The van der Waals surface area contributed by atoms with Gasteiger partial charge in [0.05, 0.1) is 12.8 Å². The van der Waals surface area contributed by atoms with Crippen molar-refractivity contribution in [3.63, 3.8) is 0 Å². The van der Waals surface area contributed by atoms with E-state index in [1.807, 2.05) is 0 Å². The Morgan fingerprint density at radius 2 is 1.31 bits per heavy atom. The SMILES string of the molecule is C=C(CC(=O)NCCCCC(NC(=O)CC(=C)C(=O)O)C(=O)O)C(=O)O.